The standard InChI is InChI=1S/C10H15N2O8P.2Na.2H/c1-5-3-12(10(15)11-8(5)14)7-2-6(13)9(20-7)19-4-21(16,17)18;;;;/h3,6-7,9,13H,2,4H2,1H3,(H,11,14,15)(H2,16,17,18);;;;/q;2*+1;2*-1/t6-,7+,9-;;;;/m0..../s1. The summed E-state index contributed by atoms with van der Waals surface area (Å²) in [7, 11) is -4.39. The molecule has 23 heavy (non-hydrogen) atoms. The summed E-state index contributed by atoms with van der Waals surface area (Å²) in [6.45, 7) is 1.50. The first-order valence-electron chi connectivity index (χ1n) is 5.99. The zero-order valence-corrected chi connectivity index (χ0v) is 17.9. The fourth-order valence-electron chi connectivity index (χ4n) is 1.92. The molecule has 13 heteroatoms. The van der Waals surface area contributed by atoms with Crippen LogP contribution >= 0.6 is 7.60 Å². The largest absolute Gasteiger partial charge is 1.00 e. The molecule has 0 amide bonds. The number of aromatic amines is 1. The normalized spacial score (nSPS) is 23.9. The molecule has 0 bridgehead atoms. The fraction of sp³-hybridized carbons (Fsp3) is 0.600. The zero-order valence-electron chi connectivity index (χ0n) is 15.0. The predicted octanol–water partition coefficient (Wildman–Crippen LogP) is -7.16. The van der Waals surface area contributed by atoms with Crippen LogP contribution in [0.2, 0.25) is 0 Å². The Balaban J connectivity index is -0.00000121. The molecule has 2 rings (SSSR count). The Labute approximate surface area is 177 Å². The smallest absolute Gasteiger partial charge is 1.00 e. The molecule has 10 nitrogen and oxygen atoms in total. The number of rotatable bonds is 4. The van der Waals surface area contributed by atoms with Crippen LogP contribution in [0.15, 0.2) is 15.8 Å². The Kier molecular flexibility index (Phi) is 9.71. The Morgan fingerprint density at radius 1 is 1.48 bits per heavy atom. The number of hydrogen-bond donors (Lipinski definition) is 4. The Bertz CT molecular complexity index is 696. The van der Waals surface area contributed by atoms with Gasteiger partial charge in [0, 0.05) is 18.2 Å². The molecule has 3 atom stereocenters. The molecule has 0 unspecified atom stereocenters. The monoisotopic (exact) mass is 370 g/mol. The van der Waals surface area contributed by atoms with E-state index in [9.17, 15) is 19.3 Å². The number of aliphatic hydroxyl groups is 1. The summed E-state index contributed by atoms with van der Waals surface area (Å²) in [4.78, 5) is 42.5. The van der Waals surface area contributed by atoms with E-state index in [1.165, 1.54) is 13.1 Å². The number of nitrogens with zero attached hydrogens (tertiary/aromatic N) is 1. The van der Waals surface area contributed by atoms with E-state index in [0.717, 1.165) is 4.57 Å². The summed E-state index contributed by atoms with van der Waals surface area (Å²) in [5.74, 6) is 0. The molecule has 0 saturated carbocycles. The first-order valence-corrected chi connectivity index (χ1v) is 7.79. The van der Waals surface area contributed by atoms with E-state index in [0.29, 0.717) is 0 Å². The van der Waals surface area contributed by atoms with Crippen molar-refractivity contribution in [3.05, 3.63) is 32.6 Å². The van der Waals surface area contributed by atoms with Gasteiger partial charge in [-0.05, 0) is 6.92 Å². The van der Waals surface area contributed by atoms with Crippen molar-refractivity contribution in [1.82, 2.24) is 9.55 Å². The van der Waals surface area contributed by atoms with Crippen LogP contribution < -0.4 is 70.4 Å². The zero-order chi connectivity index (χ0) is 15.8. The van der Waals surface area contributed by atoms with Crippen molar-refractivity contribution < 1.29 is 90.9 Å². The number of H-pyrrole nitrogens is 1. The van der Waals surface area contributed by atoms with Crippen LogP contribution in [0.25, 0.3) is 0 Å². The maximum absolute atomic E-state index is 11.7. The molecule has 2 heterocycles. The van der Waals surface area contributed by atoms with Gasteiger partial charge < -0.3 is 27.2 Å². The Hall–Kier alpha value is 0.710. The average Bonchev–Trinajstić information content (AvgIpc) is 2.72. The first kappa shape index (κ1) is 23.7. The molecule has 1 saturated heterocycles. The molecule has 0 radical (unpaired) electrons. The molecule has 1 aromatic rings. The third-order valence-corrected chi connectivity index (χ3v) is 3.40. The third kappa shape index (κ3) is 6.50. The van der Waals surface area contributed by atoms with Crippen molar-refractivity contribution in [1.29, 1.82) is 0 Å². The van der Waals surface area contributed by atoms with Crippen LogP contribution in [0.3, 0.4) is 0 Å². The Morgan fingerprint density at radius 3 is 2.65 bits per heavy atom. The van der Waals surface area contributed by atoms with Gasteiger partial charge >= 0.3 is 72.4 Å². The van der Waals surface area contributed by atoms with Crippen LogP contribution in [-0.2, 0) is 14.0 Å². The van der Waals surface area contributed by atoms with Crippen molar-refractivity contribution in [2.24, 2.45) is 0 Å². The van der Waals surface area contributed by atoms with Gasteiger partial charge in [0.25, 0.3) is 5.56 Å². The predicted molar refractivity (Wildman–Crippen MR) is 70.8 cm³/mol. The van der Waals surface area contributed by atoms with Gasteiger partial charge in [-0.15, -0.1) is 0 Å². The average molecular weight is 370 g/mol. The third-order valence-electron chi connectivity index (χ3n) is 2.91. The maximum Gasteiger partial charge on any atom is 1.00 e. The van der Waals surface area contributed by atoms with Crippen LogP contribution in [0.1, 0.15) is 21.1 Å². The van der Waals surface area contributed by atoms with E-state index in [4.69, 9.17) is 19.3 Å². The Morgan fingerprint density at radius 2 is 2.09 bits per heavy atom. The quantitative estimate of drug-likeness (QED) is 0.302. The molecule has 0 aliphatic carbocycles. The number of nitrogens with one attached hydrogen (secondary N) is 1. The van der Waals surface area contributed by atoms with Crippen molar-refractivity contribution in [2.75, 3.05) is 6.35 Å². The minimum Gasteiger partial charge on any atom is -1.00 e. The van der Waals surface area contributed by atoms with Gasteiger partial charge in [0.2, 0.25) is 0 Å². The number of aliphatic hydroxyl groups excluding tert-OH is 1. The van der Waals surface area contributed by atoms with Crippen molar-refractivity contribution in [3.8, 4) is 0 Å². The number of aromatic nitrogens is 2. The number of aryl methyl sites for hydroxylation is 1. The molecule has 122 valence electrons. The van der Waals surface area contributed by atoms with E-state index in [2.05, 4.69) is 4.98 Å². The number of hydrogen-bond acceptors (Lipinski definition) is 6. The number of ether oxygens (including phenoxy) is 2. The van der Waals surface area contributed by atoms with Crippen molar-refractivity contribution >= 4 is 7.60 Å². The second-order valence-electron chi connectivity index (χ2n) is 4.70. The second kappa shape index (κ2) is 9.42. The van der Waals surface area contributed by atoms with Crippen molar-refractivity contribution in [3.63, 3.8) is 0 Å². The van der Waals surface area contributed by atoms with E-state index in [1.807, 2.05) is 0 Å². The van der Waals surface area contributed by atoms with Crippen LogP contribution in [0, 0.1) is 6.92 Å². The molecule has 1 aliphatic rings. The molecule has 1 aromatic heterocycles. The van der Waals surface area contributed by atoms with Crippen LogP contribution in [-0.4, -0.2) is 43.2 Å². The molecule has 1 fully saturated rings. The second-order valence-corrected chi connectivity index (χ2v) is 6.29. The van der Waals surface area contributed by atoms with Gasteiger partial charge in [-0.25, -0.2) is 4.79 Å². The van der Waals surface area contributed by atoms with Gasteiger partial charge in [0.05, 0.1) is 0 Å². The fourth-order valence-corrected chi connectivity index (χ4v) is 2.26. The molecule has 0 spiro atoms. The summed E-state index contributed by atoms with van der Waals surface area (Å²) < 4.78 is 21.9. The molecular formula is C10H17N2Na2O8P. The van der Waals surface area contributed by atoms with Gasteiger partial charge in [0.1, 0.15) is 12.3 Å². The molecule has 0 aromatic carbocycles. The van der Waals surface area contributed by atoms with E-state index >= 15 is 0 Å². The molecule has 4 N–H and O–H groups in total. The van der Waals surface area contributed by atoms with Crippen molar-refractivity contribution in [2.45, 2.75) is 32.0 Å². The summed E-state index contributed by atoms with van der Waals surface area (Å²) in [6, 6.07) is 0. The summed E-state index contributed by atoms with van der Waals surface area (Å²) in [6.07, 6.45) is -2.95. The minimum absolute atomic E-state index is 0. The van der Waals surface area contributed by atoms with Gasteiger partial charge in [0.15, 0.2) is 12.6 Å². The van der Waals surface area contributed by atoms with Gasteiger partial charge in [-0.3, -0.25) is 18.9 Å². The van der Waals surface area contributed by atoms with Crippen LogP contribution in [0.5, 0.6) is 0 Å². The van der Waals surface area contributed by atoms with Gasteiger partial charge in [-0.2, -0.15) is 0 Å². The molecular weight excluding hydrogens is 353 g/mol. The summed E-state index contributed by atoms with van der Waals surface area (Å²) in [5, 5.41) is 9.74. The minimum atomic E-state index is -4.39. The van der Waals surface area contributed by atoms with E-state index < -0.39 is 43.8 Å². The van der Waals surface area contributed by atoms with Gasteiger partial charge in [-0.1, -0.05) is 0 Å². The van der Waals surface area contributed by atoms with E-state index in [-0.39, 0.29) is 74.0 Å². The summed E-state index contributed by atoms with van der Waals surface area (Å²) >= 11 is 0. The topological polar surface area (TPSA) is 151 Å². The SMILES string of the molecule is Cc1cn([C@H]2C[C@H](O)[C@@H](OCP(=O)(O)O)O2)c(=O)[nH]c1=O.[H-].[H-].[Na+].[Na+]. The maximum atomic E-state index is 11.7. The first-order chi connectivity index (χ1) is 9.67. The summed E-state index contributed by atoms with van der Waals surface area (Å²) in [5.41, 5.74) is -0.949. The molecule has 1 aliphatic heterocycles. The van der Waals surface area contributed by atoms with E-state index in [1.54, 1.807) is 0 Å². The van der Waals surface area contributed by atoms with Crippen LogP contribution in [0.4, 0.5) is 0 Å².